The highest BCUT2D eigenvalue weighted by atomic mass is 16.3. The van der Waals surface area contributed by atoms with Crippen molar-refractivity contribution in [1.29, 1.82) is 0 Å². The summed E-state index contributed by atoms with van der Waals surface area (Å²) in [4.78, 5) is 0. The molecule has 0 amide bonds. The maximum atomic E-state index is 9.78. The van der Waals surface area contributed by atoms with Crippen molar-refractivity contribution in [2.45, 2.75) is 26.1 Å². The summed E-state index contributed by atoms with van der Waals surface area (Å²) in [5.74, 6) is 0.318. The van der Waals surface area contributed by atoms with Crippen LogP contribution < -0.4 is 5.32 Å². The van der Waals surface area contributed by atoms with Crippen LogP contribution in [0, 0.1) is 0 Å². The average molecular weight is 257 g/mol. The molecule has 0 radical (unpaired) electrons. The molecule has 0 heterocycles. The molecule has 3 N–H and O–H groups in total. The summed E-state index contributed by atoms with van der Waals surface area (Å²) in [5, 5.41) is 22.1. The van der Waals surface area contributed by atoms with E-state index >= 15 is 0 Å². The average Bonchev–Trinajstić information content (AvgIpc) is 2.46. The van der Waals surface area contributed by atoms with Gasteiger partial charge in [-0.25, -0.2) is 0 Å². The van der Waals surface area contributed by atoms with Gasteiger partial charge in [0.25, 0.3) is 0 Å². The van der Waals surface area contributed by atoms with E-state index in [-0.39, 0.29) is 12.6 Å². The third-order valence-corrected chi connectivity index (χ3v) is 3.22. The Morgan fingerprint density at radius 2 is 1.63 bits per heavy atom. The van der Waals surface area contributed by atoms with Gasteiger partial charge in [-0.3, -0.25) is 0 Å². The lowest BCUT2D eigenvalue weighted by atomic mass is 10.1. The van der Waals surface area contributed by atoms with Gasteiger partial charge in [0, 0.05) is 18.2 Å². The largest absolute Gasteiger partial charge is 0.508 e. The second kappa shape index (κ2) is 6.36. The van der Waals surface area contributed by atoms with Crippen molar-refractivity contribution in [3.05, 3.63) is 65.2 Å². The molecular weight excluding hydrogens is 238 g/mol. The number of phenolic OH excluding ortho intramolecular Hbond substituents is 1. The zero-order valence-corrected chi connectivity index (χ0v) is 11.0. The fraction of sp³-hybridized carbons (Fsp3) is 0.250. The van der Waals surface area contributed by atoms with Crippen LogP contribution in [0.25, 0.3) is 0 Å². The highest BCUT2D eigenvalue weighted by Gasteiger charge is 2.08. The van der Waals surface area contributed by atoms with Crippen LogP contribution in [-0.4, -0.2) is 10.2 Å². The molecule has 0 saturated heterocycles. The first-order chi connectivity index (χ1) is 9.20. The van der Waals surface area contributed by atoms with Gasteiger partial charge < -0.3 is 15.5 Å². The molecule has 0 spiro atoms. The van der Waals surface area contributed by atoms with Gasteiger partial charge in [-0.05, 0) is 24.1 Å². The molecule has 0 aliphatic heterocycles. The number of hydrogen-bond acceptors (Lipinski definition) is 3. The van der Waals surface area contributed by atoms with Crippen molar-refractivity contribution in [2.24, 2.45) is 0 Å². The first-order valence-corrected chi connectivity index (χ1v) is 6.40. The third-order valence-electron chi connectivity index (χ3n) is 3.22. The number of aliphatic hydroxyl groups is 1. The van der Waals surface area contributed by atoms with E-state index in [1.54, 1.807) is 6.07 Å². The second-order valence-electron chi connectivity index (χ2n) is 4.64. The molecule has 2 rings (SSSR count). The zero-order chi connectivity index (χ0) is 13.7. The summed E-state index contributed by atoms with van der Waals surface area (Å²) in [6.45, 7) is 2.82. The number of para-hydroxylation sites is 1. The van der Waals surface area contributed by atoms with Gasteiger partial charge in [0.15, 0.2) is 0 Å². The van der Waals surface area contributed by atoms with Crippen LogP contribution in [0.3, 0.4) is 0 Å². The van der Waals surface area contributed by atoms with Gasteiger partial charge in [0.1, 0.15) is 5.75 Å². The summed E-state index contributed by atoms with van der Waals surface area (Å²) in [7, 11) is 0. The molecule has 0 bridgehead atoms. The lowest BCUT2D eigenvalue weighted by Gasteiger charge is -2.15. The van der Waals surface area contributed by atoms with Crippen LogP contribution in [0.2, 0.25) is 0 Å². The first-order valence-electron chi connectivity index (χ1n) is 6.40. The second-order valence-corrected chi connectivity index (χ2v) is 4.64. The maximum Gasteiger partial charge on any atom is 0.120 e. The summed E-state index contributed by atoms with van der Waals surface area (Å²) in [6.07, 6.45) is 0. The van der Waals surface area contributed by atoms with Crippen molar-refractivity contribution >= 4 is 0 Å². The number of benzene rings is 2. The summed E-state index contributed by atoms with van der Waals surface area (Å²) in [6, 6.07) is 15.3. The van der Waals surface area contributed by atoms with E-state index in [9.17, 15) is 5.11 Å². The molecule has 0 aromatic heterocycles. The number of phenols is 1. The molecule has 100 valence electrons. The molecule has 3 heteroatoms. The van der Waals surface area contributed by atoms with E-state index in [4.69, 9.17) is 5.11 Å². The number of aliphatic hydroxyl groups excluding tert-OH is 1. The number of rotatable bonds is 5. The Kier molecular flexibility index (Phi) is 4.55. The summed E-state index contributed by atoms with van der Waals surface area (Å²) >= 11 is 0. The van der Waals surface area contributed by atoms with E-state index < -0.39 is 0 Å². The van der Waals surface area contributed by atoms with Gasteiger partial charge in [-0.2, -0.15) is 0 Å². The summed E-state index contributed by atoms with van der Waals surface area (Å²) < 4.78 is 0. The van der Waals surface area contributed by atoms with Crippen LogP contribution in [0.5, 0.6) is 5.75 Å². The Hall–Kier alpha value is -1.84. The van der Waals surface area contributed by atoms with E-state index in [2.05, 4.69) is 5.32 Å². The first kappa shape index (κ1) is 13.6. The van der Waals surface area contributed by atoms with Gasteiger partial charge >= 0.3 is 0 Å². The van der Waals surface area contributed by atoms with Gasteiger partial charge in [0.05, 0.1) is 6.61 Å². The standard InChI is InChI=1S/C16H19NO2/c1-12(15-4-2-3-5-16(15)19)17-10-13-6-8-14(11-18)9-7-13/h2-9,12,17-19H,10-11H2,1H3. The molecule has 0 aliphatic carbocycles. The molecule has 1 unspecified atom stereocenters. The predicted octanol–water partition coefficient (Wildman–Crippen LogP) is 2.74. The fourth-order valence-electron chi connectivity index (χ4n) is 2.00. The number of nitrogens with one attached hydrogen (secondary N) is 1. The molecule has 3 nitrogen and oxygen atoms in total. The molecule has 0 saturated carbocycles. The normalized spacial score (nSPS) is 12.3. The topological polar surface area (TPSA) is 52.5 Å². The summed E-state index contributed by atoms with van der Waals surface area (Å²) in [5.41, 5.74) is 2.96. The predicted molar refractivity (Wildman–Crippen MR) is 75.7 cm³/mol. The molecule has 0 aliphatic rings. The Labute approximate surface area is 113 Å². The molecule has 2 aromatic carbocycles. The molecular formula is C16H19NO2. The Bertz CT molecular complexity index is 523. The Balaban J connectivity index is 1.96. The monoisotopic (exact) mass is 257 g/mol. The van der Waals surface area contributed by atoms with Crippen LogP contribution >= 0.6 is 0 Å². The van der Waals surface area contributed by atoms with E-state index in [1.165, 1.54) is 0 Å². The van der Waals surface area contributed by atoms with Crippen molar-refractivity contribution in [3.8, 4) is 5.75 Å². The van der Waals surface area contributed by atoms with Crippen molar-refractivity contribution in [1.82, 2.24) is 5.32 Å². The lowest BCUT2D eigenvalue weighted by molar-refractivity contribution is 0.282. The van der Waals surface area contributed by atoms with E-state index in [0.29, 0.717) is 5.75 Å². The minimum absolute atomic E-state index is 0.0714. The minimum atomic E-state index is 0.0714. The number of hydrogen-bond donors (Lipinski definition) is 3. The molecule has 1 atom stereocenters. The SMILES string of the molecule is CC(NCc1ccc(CO)cc1)c1ccccc1O. The Morgan fingerprint density at radius 3 is 2.26 bits per heavy atom. The van der Waals surface area contributed by atoms with Gasteiger partial charge in [-0.1, -0.05) is 42.5 Å². The minimum Gasteiger partial charge on any atom is -0.508 e. The maximum absolute atomic E-state index is 9.78. The van der Waals surface area contributed by atoms with Crippen LogP contribution in [0.15, 0.2) is 48.5 Å². The van der Waals surface area contributed by atoms with Crippen LogP contribution in [0.1, 0.15) is 29.7 Å². The number of aromatic hydroxyl groups is 1. The van der Waals surface area contributed by atoms with Crippen molar-refractivity contribution < 1.29 is 10.2 Å². The highest BCUT2D eigenvalue weighted by molar-refractivity contribution is 5.34. The lowest BCUT2D eigenvalue weighted by Crippen LogP contribution is -2.18. The quantitative estimate of drug-likeness (QED) is 0.772. The zero-order valence-electron chi connectivity index (χ0n) is 11.0. The molecule has 19 heavy (non-hydrogen) atoms. The van der Waals surface area contributed by atoms with Gasteiger partial charge in [0.2, 0.25) is 0 Å². The molecule has 0 fully saturated rings. The van der Waals surface area contributed by atoms with Crippen molar-refractivity contribution in [3.63, 3.8) is 0 Å². The van der Waals surface area contributed by atoms with Crippen LogP contribution in [0.4, 0.5) is 0 Å². The fourth-order valence-corrected chi connectivity index (χ4v) is 2.00. The van der Waals surface area contributed by atoms with E-state index in [1.807, 2.05) is 49.4 Å². The highest BCUT2D eigenvalue weighted by Crippen LogP contribution is 2.23. The van der Waals surface area contributed by atoms with Crippen molar-refractivity contribution in [2.75, 3.05) is 0 Å². The van der Waals surface area contributed by atoms with Gasteiger partial charge in [-0.15, -0.1) is 0 Å². The Morgan fingerprint density at radius 1 is 1.00 bits per heavy atom. The molecule has 2 aromatic rings. The van der Waals surface area contributed by atoms with Crippen LogP contribution in [-0.2, 0) is 13.2 Å². The van der Waals surface area contributed by atoms with E-state index in [0.717, 1.165) is 23.2 Å². The smallest absolute Gasteiger partial charge is 0.120 e. The third kappa shape index (κ3) is 3.56.